The zero-order valence-corrected chi connectivity index (χ0v) is 9.57. The van der Waals surface area contributed by atoms with Gasteiger partial charge in [0, 0.05) is 0 Å². The van der Waals surface area contributed by atoms with Gasteiger partial charge >= 0.3 is 5.97 Å². The molecule has 1 N–H and O–H groups in total. The Morgan fingerprint density at radius 3 is 2.50 bits per heavy atom. The fraction of sp³-hybridized carbons (Fsp3) is 0.308. The SMILES string of the molecule is Cc1cccc(C2=C(O)C(C)(C)OC2=O)c1. The van der Waals surface area contributed by atoms with Crippen LogP contribution in [0.15, 0.2) is 30.0 Å². The van der Waals surface area contributed by atoms with Gasteiger partial charge < -0.3 is 9.84 Å². The predicted octanol–water partition coefficient (Wildman–Crippen LogP) is 2.60. The van der Waals surface area contributed by atoms with E-state index in [-0.39, 0.29) is 11.3 Å². The number of cyclic esters (lactones) is 1. The largest absolute Gasteiger partial charge is 0.507 e. The fourth-order valence-electron chi connectivity index (χ4n) is 1.78. The molecule has 84 valence electrons. The van der Waals surface area contributed by atoms with Gasteiger partial charge in [-0.15, -0.1) is 0 Å². The fourth-order valence-corrected chi connectivity index (χ4v) is 1.78. The minimum Gasteiger partial charge on any atom is -0.507 e. The summed E-state index contributed by atoms with van der Waals surface area (Å²) in [6.07, 6.45) is 0. The molecule has 0 amide bonds. The first-order valence-electron chi connectivity index (χ1n) is 5.16. The molecule has 0 unspecified atom stereocenters. The maximum atomic E-state index is 11.7. The Hall–Kier alpha value is -1.77. The van der Waals surface area contributed by atoms with Crippen molar-refractivity contribution in [1.82, 2.24) is 0 Å². The first kappa shape index (κ1) is 10.7. The third-order valence-corrected chi connectivity index (χ3v) is 2.67. The summed E-state index contributed by atoms with van der Waals surface area (Å²) in [7, 11) is 0. The van der Waals surface area contributed by atoms with E-state index in [0.717, 1.165) is 5.56 Å². The van der Waals surface area contributed by atoms with E-state index < -0.39 is 11.6 Å². The molecule has 0 aliphatic carbocycles. The minimum absolute atomic E-state index is 0.00287. The molecule has 0 radical (unpaired) electrons. The first-order valence-corrected chi connectivity index (χ1v) is 5.16. The summed E-state index contributed by atoms with van der Waals surface area (Å²) >= 11 is 0. The van der Waals surface area contributed by atoms with Gasteiger partial charge in [0.15, 0.2) is 11.4 Å². The van der Waals surface area contributed by atoms with Crippen LogP contribution >= 0.6 is 0 Å². The molecule has 3 nitrogen and oxygen atoms in total. The van der Waals surface area contributed by atoms with Crippen molar-refractivity contribution in [3.8, 4) is 0 Å². The zero-order chi connectivity index (χ0) is 11.9. The lowest BCUT2D eigenvalue weighted by atomic mass is 9.99. The van der Waals surface area contributed by atoms with Gasteiger partial charge in [-0.1, -0.05) is 29.8 Å². The molecule has 0 spiro atoms. The number of carbonyl (C=O) groups is 1. The molecule has 0 saturated heterocycles. The molecule has 0 fully saturated rings. The van der Waals surface area contributed by atoms with Gasteiger partial charge in [-0.05, 0) is 26.3 Å². The highest BCUT2D eigenvalue weighted by atomic mass is 16.6. The van der Waals surface area contributed by atoms with Gasteiger partial charge in [0.25, 0.3) is 0 Å². The number of rotatable bonds is 1. The standard InChI is InChI=1S/C13H14O3/c1-8-5-4-6-9(7-8)10-11(14)13(2,3)16-12(10)15/h4-7,14H,1-3H3. The van der Waals surface area contributed by atoms with E-state index in [9.17, 15) is 9.90 Å². The Kier molecular flexibility index (Phi) is 2.26. The average Bonchev–Trinajstić information content (AvgIpc) is 2.36. The molecule has 1 aromatic carbocycles. The lowest BCUT2D eigenvalue weighted by Gasteiger charge is -2.16. The third-order valence-electron chi connectivity index (χ3n) is 2.67. The molecular formula is C13H14O3. The molecule has 0 atom stereocenters. The minimum atomic E-state index is -0.920. The number of carbonyl (C=O) groups excluding carboxylic acids is 1. The molecule has 1 aliphatic rings. The maximum absolute atomic E-state index is 11.7. The number of aliphatic hydroxyl groups excluding tert-OH is 1. The van der Waals surface area contributed by atoms with Crippen LogP contribution in [0.25, 0.3) is 5.57 Å². The van der Waals surface area contributed by atoms with Crippen LogP contribution < -0.4 is 0 Å². The Bertz CT molecular complexity index is 484. The van der Waals surface area contributed by atoms with Crippen LogP contribution in [0, 0.1) is 6.92 Å². The van der Waals surface area contributed by atoms with E-state index in [1.54, 1.807) is 19.9 Å². The highest BCUT2D eigenvalue weighted by Crippen LogP contribution is 2.35. The summed E-state index contributed by atoms with van der Waals surface area (Å²) in [5.41, 5.74) is 1.09. The second-order valence-corrected chi connectivity index (χ2v) is 4.49. The van der Waals surface area contributed by atoms with Crippen LogP contribution in [-0.2, 0) is 9.53 Å². The van der Waals surface area contributed by atoms with E-state index in [1.807, 2.05) is 25.1 Å². The number of aryl methyl sites for hydroxylation is 1. The van der Waals surface area contributed by atoms with Crippen LogP contribution in [0.4, 0.5) is 0 Å². The van der Waals surface area contributed by atoms with Crippen LogP contribution in [0.2, 0.25) is 0 Å². The van der Waals surface area contributed by atoms with E-state index in [2.05, 4.69) is 0 Å². The van der Waals surface area contributed by atoms with Gasteiger partial charge in [0.2, 0.25) is 0 Å². The Labute approximate surface area is 94.4 Å². The van der Waals surface area contributed by atoms with Crippen LogP contribution in [0.3, 0.4) is 0 Å². The van der Waals surface area contributed by atoms with Gasteiger partial charge in [-0.3, -0.25) is 0 Å². The number of benzene rings is 1. The molecule has 0 saturated carbocycles. The summed E-state index contributed by atoms with van der Waals surface area (Å²) < 4.78 is 5.10. The highest BCUT2D eigenvalue weighted by molar-refractivity contribution is 6.19. The van der Waals surface area contributed by atoms with E-state index in [0.29, 0.717) is 5.56 Å². The summed E-state index contributed by atoms with van der Waals surface area (Å²) in [6.45, 7) is 5.28. The molecule has 0 aromatic heterocycles. The number of aliphatic hydroxyl groups is 1. The van der Waals surface area contributed by atoms with Gasteiger partial charge in [-0.2, -0.15) is 0 Å². The molecule has 3 heteroatoms. The first-order chi connectivity index (χ1) is 7.42. The van der Waals surface area contributed by atoms with E-state index in [1.165, 1.54) is 0 Å². The summed E-state index contributed by atoms with van der Waals surface area (Å²) in [6, 6.07) is 7.44. The lowest BCUT2D eigenvalue weighted by Crippen LogP contribution is -2.22. The lowest BCUT2D eigenvalue weighted by molar-refractivity contribution is -0.143. The third kappa shape index (κ3) is 1.58. The van der Waals surface area contributed by atoms with Crippen molar-refractivity contribution in [2.45, 2.75) is 26.4 Å². The number of ether oxygens (including phenoxy) is 1. The molecule has 1 aliphatic heterocycles. The average molecular weight is 218 g/mol. The summed E-state index contributed by atoms with van der Waals surface area (Å²) in [5, 5.41) is 9.97. The van der Waals surface area contributed by atoms with Crippen molar-refractivity contribution in [2.75, 3.05) is 0 Å². The van der Waals surface area contributed by atoms with E-state index >= 15 is 0 Å². The smallest absolute Gasteiger partial charge is 0.343 e. The molecular weight excluding hydrogens is 204 g/mol. The quantitative estimate of drug-likeness (QED) is 0.737. The van der Waals surface area contributed by atoms with Gasteiger partial charge in [0.1, 0.15) is 5.57 Å². The summed E-state index contributed by atoms with van der Waals surface area (Å²) in [4.78, 5) is 11.7. The van der Waals surface area contributed by atoms with Gasteiger partial charge in [0.05, 0.1) is 0 Å². The molecule has 16 heavy (non-hydrogen) atoms. The number of hydrogen-bond donors (Lipinski definition) is 1. The van der Waals surface area contributed by atoms with Gasteiger partial charge in [-0.25, -0.2) is 4.79 Å². The van der Waals surface area contributed by atoms with Crippen molar-refractivity contribution < 1.29 is 14.6 Å². The normalized spacial score (nSPS) is 18.8. The highest BCUT2D eigenvalue weighted by Gasteiger charge is 2.41. The molecule has 1 aromatic rings. The Morgan fingerprint density at radius 1 is 1.31 bits per heavy atom. The number of hydrogen-bond acceptors (Lipinski definition) is 3. The van der Waals surface area contributed by atoms with Crippen LogP contribution in [0.5, 0.6) is 0 Å². The van der Waals surface area contributed by atoms with Crippen molar-refractivity contribution in [1.29, 1.82) is 0 Å². The summed E-state index contributed by atoms with van der Waals surface area (Å²) in [5.74, 6) is -0.462. The van der Waals surface area contributed by atoms with Crippen LogP contribution in [0.1, 0.15) is 25.0 Å². The second kappa shape index (κ2) is 3.37. The second-order valence-electron chi connectivity index (χ2n) is 4.49. The molecule has 2 rings (SSSR count). The zero-order valence-electron chi connectivity index (χ0n) is 9.57. The molecule has 1 heterocycles. The topological polar surface area (TPSA) is 46.5 Å². The maximum Gasteiger partial charge on any atom is 0.343 e. The van der Waals surface area contributed by atoms with Crippen molar-refractivity contribution in [3.63, 3.8) is 0 Å². The molecule has 0 bridgehead atoms. The Morgan fingerprint density at radius 2 is 2.00 bits per heavy atom. The Balaban J connectivity index is 2.56. The van der Waals surface area contributed by atoms with Crippen molar-refractivity contribution >= 4 is 11.5 Å². The van der Waals surface area contributed by atoms with Crippen molar-refractivity contribution in [3.05, 3.63) is 41.2 Å². The predicted molar refractivity (Wildman–Crippen MR) is 60.9 cm³/mol. The van der Waals surface area contributed by atoms with Crippen LogP contribution in [-0.4, -0.2) is 16.7 Å². The monoisotopic (exact) mass is 218 g/mol. The van der Waals surface area contributed by atoms with Crippen molar-refractivity contribution in [2.24, 2.45) is 0 Å². The number of esters is 1. The van der Waals surface area contributed by atoms with E-state index in [4.69, 9.17) is 4.74 Å².